The van der Waals surface area contributed by atoms with Gasteiger partial charge in [-0.3, -0.25) is 4.79 Å². The Morgan fingerprint density at radius 1 is 1.10 bits per heavy atom. The third-order valence-electron chi connectivity index (χ3n) is 3.21. The van der Waals surface area contributed by atoms with E-state index in [1.807, 2.05) is 60.0 Å². The number of hydrogen-bond donors (Lipinski definition) is 0. The molecule has 0 radical (unpaired) electrons. The van der Waals surface area contributed by atoms with Gasteiger partial charge >= 0.3 is 0 Å². The number of benzene rings is 2. The monoisotopic (exact) mass is 329 g/mol. The molecule has 0 bridgehead atoms. The van der Waals surface area contributed by atoms with E-state index in [1.54, 1.807) is 6.33 Å². The lowest BCUT2D eigenvalue weighted by atomic mass is 10.1. The normalized spacial score (nSPS) is 10.2. The third-order valence-corrected chi connectivity index (χ3v) is 3.21. The molecular weight excluding hydrogens is 316 g/mol. The van der Waals surface area contributed by atoms with Crippen molar-refractivity contribution in [3.05, 3.63) is 66.0 Å². The van der Waals surface area contributed by atoms with Gasteiger partial charge in [0, 0.05) is 5.56 Å². The highest BCUT2D eigenvalue weighted by Crippen LogP contribution is 2.13. The van der Waals surface area contributed by atoms with Crippen LogP contribution in [0.4, 0.5) is 0 Å². The van der Waals surface area contributed by atoms with Crippen LogP contribution in [0.1, 0.15) is 15.9 Å². The molecule has 3 rings (SSSR count). The number of hydrogen-bond acceptors (Lipinski definition) is 2. The lowest BCUT2D eigenvalue weighted by Gasteiger charge is -2.04. The summed E-state index contributed by atoms with van der Waals surface area (Å²) in [5.41, 5.74) is 3.80. The lowest BCUT2D eigenvalue weighted by Crippen LogP contribution is -3.00. The second kappa shape index (κ2) is 6.01. The van der Waals surface area contributed by atoms with Crippen molar-refractivity contribution in [3.8, 4) is 0 Å². The van der Waals surface area contributed by atoms with E-state index >= 15 is 0 Å². The fourth-order valence-electron chi connectivity index (χ4n) is 2.12. The first-order valence-electron chi connectivity index (χ1n) is 6.24. The highest BCUT2D eigenvalue weighted by atomic mass is 79.9. The molecular formula is C16H14BrN2O-. The number of carbonyl (C=O) groups is 1. The predicted octanol–water partition coefficient (Wildman–Crippen LogP) is 0.232. The summed E-state index contributed by atoms with van der Waals surface area (Å²) in [5, 5.41) is 0. The summed E-state index contributed by atoms with van der Waals surface area (Å²) in [6, 6.07) is 15.5. The number of rotatable bonds is 3. The number of Topliss-reactive ketones (excluding diaryl/α,β-unsaturated/α-hetero) is 1. The molecule has 0 saturated heterocycles. The Morgan fingerprint density at radius 2 is 1.80 bits per heavy atom. The van der Waals surface area contributed by atoms with E-state index in [4.69, 9.17) is 0 Å². The zero-order valence-corrected chi connectivity index (χ0v) is 12.7. The van der Waals surface area contributed by atoms with E-state index < -0.39 is 0 Å². The van der Waals surface area contributed by atoms with Crippen LogP contribution < -0.4 is 17.0 Å². The van der Waals surface area contributed by atoms with Gasteiger partial charge in [0.15, 0.2) is 5.78 Å². The van der Waals surface area contributed by atoms with Crippen LogP contribution >= 0.6 is 0 Å². The zero-order valence-electron chi connectivity index (χ0n) is 11.1. The minimum Gasteiger partial charge on any atom is -1.00 e. The number of halogens is 1. The fraction of sp³-hybridized carbons (Fsp3) is 0.125. The van der Waals surface area contributed by atoms with Crippen molar-refractivity contribution in [2.24, 2.45) is 0 Å². The van der Waals surface area contributed by atoms with Crippen LogP contribution in [0.3, 0.4) is 0 Å². The van der Waals surface area contributed by atoms with E-state index in [-0.39, 0.29) is 22.8 Å². The molecule has 0 unspecified atom stereocenters. The van der Waals surface area contributed by atoms with Gasteiger partial charge in [-0.15, -0.1) is 0 Å². The van der Waals surface area contributed by atoms with Gasteiger partial charge in [0.05, 0.1) is 23.9 Å². The van der Waals surface area contributed by atoms with Crippen LogP contribution in [-0.4, -0.2) is 15.3 Å². The number of ketones is 1. The Morgan fingerprint density at radius 3 is 2.55 bits per heavy atom. The molecule has 0 N–H and O–H groups in total. The summed E-state index contributed by atoms with van der Waals surface area (Å²) < 4.78 is 1.89. The highest BCUT2D eigenvalue weighted by molar-refractivity contribution is 5.96. The Hall–Kier alpha value is -1.94. The topological polar surface area (TPSA) is 34.9 Å². The summed E-state index contributed by atoms with van der Waals surface area (Å²) in [7, 11) is 0. The Bertz CT molecular complexity index is 732. The van der Waals surface area contributed by atoms with Crippen molar-refractivity contribution in [1.29, 1.82) is 0 Å². The molecule has 20 heavy (non-hydrogen) atoms. The van der Waals surface area contributed by atoms with Crippen LogP contribution in [0, 0.1) is 6.92 Å². The van der Waals surface area contributed by atoms with Crippen molar-refractivity contribution in [1.82, 2.24) is 9.55 Å². The molecule has 4 heteroatoms. The summed E-state index contributed by atoms with van der Waals surface area (Å²) in [6.45, 7) is 2.33. The maximum Gasteiger partial charge on any atom is 0.182 e. The molecule has 0 saturated carbocycles. The van der Waals surface area contributed by atoms with Crippen molar-refractivity contribution in [2.45, 2.75) is 13.5 Å². The highest BCUT2D eigenvalue weighted by Gasteiger charge is 2.08. The summed E-state index contributed by atoms with van der Waals surface area (Å²) in [4.78, 5) is 16.5. The molecule has 1 aromatic heterocycles. The first-order chi connectivity index (χ1) is 9.24. The molecule has 0 atom stereocenters. The van der Waals surface area contributed by atoms with Gasteiger partial charge in [-0.1, -0.05) is 42.0 Å². The first-order valence-corrected chi connectivity index (χ1v) is 6.24. The van der Waals surface area contributed by atoms with Crippen LogP contribution in [-0.2, 0) is 6.54 Å². The second-order valence-corrected chi connectivity index (χ2v) is 4.65. The smallest absolute Gasteiger partial charge is 0.182 e. The van der Waals surface area contributed by atoms with Gasteiger partial charge in [-0.2, -0.15) is 0 Å². The second-order valence-electron chi connectivity index (χ2n) is 4.65. The molecule has 3 aromatic rings. The number of imidazole rings is 1. The largest absolute Gasteiger partial charge is 1.00 e. The molecule has 0 fully saturated rings. The van der Waals surface area contributed by atoms with E-state index in [0.717, 1.165) is 22.2 Å². The van der Waals surface area contributed by atoms with Gasteiger partial charge in [0.1, 0.15) is 0 Å². The van der Waals surface area contributed by atoms with Gasteiger partial charge in [0.2, 0.25) is 0 Å². The van der Waals surface area contributed by atoms with Crippen molar-refractivity contribution >= 4 is 16.8 Å². The standard InChI is InChI=1S/C16H14N2O.BrH/c1-12-6-8-13(9-7-12)16(19)10-18-11-17-14-4-2-3-5-15(14)18;/h2-9,11H,10H2,1H3;1H/p-1. The summed E-state index contributed by atoms with van der Waals surface area (Å²) >= 11 is 0. The number of aromatic nitrogens is 2. The molecule has 102 valence electrons. The van der Waals surface area contributed by atoms with E-state index in [0.29, 0.717) is 6.54 Å². The zero-order chi connectivity index (χ0) is 13.2. The van der Waals surface area contributed by atoms with Gasteiger partial charge in [-0.25, -0.2) is 4.98 Å². The molecule has 0 aliphatic carbocycles. The maximum absolute atomic E-state index is 12.2. The van der Waals surface area contributed by atoms with Crippen LogP contribution in [0.2, 0.25) is 0 Å². The predicted molar refractivity (Wildman–Crippen MR) is 75.2 cm³/mol. The number of fused-ring (bicyclic) bond motifs is 1. The van der Waals surface area contributed by atoms with Gasteiger partial charge in [0.25, 0.3) is 0 Å². The van der Waals surface area contributed by atoms with Crippen molar-refractivity contribution in [3.63, 3.8) is 0 Å². The summed E-state index contributed by atoms with van der Waals surface area (Å²) in [5.74, 6) is 0.100. The SMILES string of the molecule is Cc1ccc(C(=O)Cn2cnc3ccccc32)cc1.[Br-]. The van der Waals surface area contributed by atoms with Crippen LogP contribution in [0.25, 0.3) is 11.0 Å². The van der Waals surface area contributed by atoms with Gasteiger partial charge in [-0.05, 0) is 19.1 Å². The Kier molecular flexibility index (Phi) is 4.35. The molecule has 0 spiro atoms. The average molecular weight is 330 g/mol. The summed E-state index contributed by atoms with van der Waals surface area (Å²) in [6.07, 6.45) is 1.72. The Balaban J connectivity index is 0.00000147. The maximum atomic E-state index is 12.2. The number of carbonyl (C=O) groups excluding carboxylic acids is 1. The van der Waals surface area contributed by atoms with E-state index in [1.165, 1.54) is 0 Å². The molecule has 0 aliphatic heterocycles. The van der Waals surface area contributed by atoms with Crippen molar-refractivity contribution < 1.29 is 21.8 Å². The molecule has 3 nitrogen and oxygen atoms in total. The molecule has 2 aromatic carbocycles. The number of aryl methyl sites for hydroxylation is 1. The molecule has 0 amide bonds. The van der Waals surface area contributed by atoms with Crippen LogP contribution in [0.5, 0.6) is 0 Å². The minimum absolute atomic E-state index is 0. The molecule has 1 heterocycles. The quantitative estimate of drug-likeness (QED) is 0.645. The Labute approximate surface area is 128 Å². The fourth-order valence-corrected chi connectivity index (χ4v) is 2.12. The van der Waals surface area contributed by atoms with E-state index in [2.05, 4.69) is 4.98 Å². The molecule has 0 aliphatic rings. The minimum atomic E-state index is 0. The number of para-hydroxylation sites is 2. The first kappa shape index (κ1) is 14.5. The van der Waals surface area contributed by atoms with Crippen LogP contribution in [0.15, 0.2) is 54.9 Å². The lowest BCUT2D eigenvalue weighted by molar-refractivity contribution is -0.0000119. The third kappa shape index (κ3) is 2.80. The van der Waals surface area contributed by atoms with Gasteiger partial charge < -0.3 is 21.5 Å². The van der Waals surface area contributed by atoms with E-state index in [9.17, 15) is 4.79 Å². The number of nitrogens with zero attached hydrogens (tertiary/aromatic N) is 2. The average Bonchev–Trinajstić information content (AvgIpc) is 2.83. The van der Waals surface area contributed by atoms with Crippen molar-refractivity contribution in [2.75, 3.05) is 0 Å².